The predicted octanol–water partition coefficient (Wildman–Crippen LogP) is 1.44. The normalized spacial score (nSPS) is 18.7. The molecule has 0 atom stereocenters. The van der Waals surface area contributed by atoms with Crippen molar-refractivity contribution in [3.05, 3.63) is 29.8 Å². The highest BCUT2D eigenvalue weighted by Crippen LogP contribution is 2.30. The number of benzene rings is 1. The van der Waals surface area contributed by atoms with Crippen molar-refractivity contribution in [1.82, 2.24) is 10.8 Å². The molecule has 144 valence electrons. The topological polar surface area (TPSA) is 137 Å². The number of hydrogen-bond acceptors (Lipinski definition) is 8. The molecule has 1 aromatic carbocycles. The third-order valence-electron chi connectivity index (χ3n) is 2.85. The van der Waals surface area contributed by atoms with Crippen LogP contribution in [0.2, 0.25) is 2.82 Å². The van der Waals surface area contributed by atoms with Gasteiger partial charge in [0.15, 0.2) is 14.3 Å². The minimum Gasteiger partial charge on any atom is -0.477 e. The minimum atomic E-state index is -0.992. The number of rotatable bonds is 1. The largest absolute Gasteiger partial charge is 0.477 e. The van der Waals surface area contributed by atoms with Gasteiger partial charge in [-0.3, -0.25) is 14.4 Å². The molecule has 4 rings (SSSR count). The predicted molar refractivity (Wildman–Crippen MR) is 102 cm³/mol. The maximum Gasteiger partial charge on any atom is 0.352 e. The van der Waals surface area contributed by atoms with Crippen LogP contribution in [0.5, 0.6) is 0 Å². The Morgan fingerprint density at radius 2 is 2.00 bits per heavy atom. The highest BCUT2D eigenvalue weighted by molar-refractivity contribution is 8.00. The van der Waals surface area contributed by atoms with Crippen LogP contribution in [0.1, 0.15) is 38.4 Å². The zero-order chi connectivity index (χ0) is 23.6. The fraction of sp³-hybridized carbons (Fsp3) is 0.294. The van der Waals surface area contributed by atoms with Gasteiger partial charge in [-0.2, -0.15) is 10.2 Å². The van der Waals surface area contributed by atoms with Crippen LogP contribution in [0.3, 0.4) is 0 Å². The highest BCUT2D eigenvalue weighted by Gasteiger charge is 2.20. The quantitative estimate of drug-likeness (QED) is 0.652. The summed E-state index contributed by atoms with van der Waals surface area (Å²) in [4.78, 5) is 43.5. The zero-order valence-corrected chi connectivity index (χ0v) is 15.5. The van der Waals surface area contributed by atoms with Crippen molar-refractivity contribution in [3.63, 3.8) is 0 Å². The van der Waals surface area contributed by atoms with Gasteiger partial charge in [0.05, 0.1) is 20.0 Å². The molecule has 0 saturated heterocycles. The molecule has 3 heterocycles. The Labute approximate surface area is 166 Å². The number of nitrogens with zero attached hydrogens (tertiary/aromatic N) is 2. The summed E-state index contributed by atoms with van der Waals surface area (Å²) in [5.74, 6) is -1.14. The molecule has 27 heavy (non-hydrogen) atoms. The van der Waals surface area contributed by atoms with Crippen molar-refractivity contribution >= 4 is 47.2 Å². The number of carbonyl (C=O) groups is 4. The van der Waals surface area contributed by atoms with Crippen LogP contribution >= 0.6 is 11.8 Å². The lowest BCUT2D eigenvalue weighted by molar-refractivity contribution is -0.130. The molecule has 0 radical (unpaired) electrons. The van der Waals surface area contributed by atoms with Gasteiger partial charge in [-0.1, -0.05) is 32.0 Å². The van der Waals surface area contributed by atoms with Gasteiger partial charge in [0.2, 0.25) is 11.8 Å². The molecule has 0 bridgehead atoms. The maximum atomic E-state index is 11.0. The number of carbonyl (C=O) groups excluding carboxylic acids is 3. The lowest BCUT2D eigenvalue weighted by Gasteiger charge is -1.90. The monoisotopic (exact) mass is 400 g/mol. The second-order valence-electron chi connectivity index (χ2n) is 4.64. The Morgan fingerprint density at radius 1 is 1.26 bits per heavy atom. The van der Waals surface area contributed by atoms with E-state index in [0.29, 0.717) is 16.6 Å². The average Bonchev–Trinajstić information content (AvgIpc) is 3.41. The van der Waals surface area contributed by atoms with Crippen molar-refractivity contribution in [3.8, 4) is 0 Å². The van der Waals surface area contributed by atoms with Gasteiger partial charge in [0.25, 0.3) is 1.43 Å². The van der Waals surface area contributed by atoms with Crippen molar-refractivity contribution in [2.75, 3.05) is 5.75 Å². The van der Waals surface area contributed by atoms with Gasteiger partial charge >= 0.3 is 5.97 Å². The number of aliphatic carboxylic acids is 1. The molecule has 0 fully saturated rings. The highest BCUT2D eigenvalue weighted by atomic mass is 32.2. The summed E-state index contributed by atoms with van der Waals surface area (Å²) >= 11 is 1.63. The van der Waals surface area contributed by atoms with Crippen LogP contribution in [0, 0.1) is 0 Å². The van der Waals surface area contributed by atoms with E-state index >= 15 is 0 Å². The number of nitrogens with one attached hydrogen (secondary N) is 2. The van der Waals surface area contributed by atoms with Crippen molar-refractivity contribution in [1.29, 1.82) is 1.43 Å². The molecule has 10 heteroatoms. The maximum absolute atomic E-state index is 11.0. The van der Waals surface area contributed by atoms with Gasteiger partial charge in [-0.25, -0.2) is 15.6 Å². The Bertz CT molecular complexity index is 912. The molecule has 0 unspecified atom stereocenters. The number of hydrazone groups is 2. The molecule has 3 aliphatic heterocycles. The molecule has 9 nitrogen and oxygen atoms in total. The van der Waals surface area contributed by atoms with Crippen LogP contribution < -0.4 is 10.8 Å². The Kier molecular flexibility index (Phi) is 6.94. The van der Waals surface area contributed by atoms with Gasteiger partial charge in [0.1, 0.15) is 0 Å². The van der Waals surface area contributed by atoms with E-state index in [2.05, 4.69) is 15.3 Å². The fourth-order valence-corrected chi connectivity index (χ4v) is 2.67. The summed E-state index contributed by atoms with van der Waals surface area (Å²) in [7, 11) is 0. The van der Waals surface area contributed by atoms with Gasteiger partial charge < -0.3 is 5.11 Å². The first-order chi connectivity index (χ1) is 14.7. The van der Waals surface area contributed by atoms with Crippen LogP contribution in [-0.4, -0.2) is 46.3 Å². The summed E-state index contributed by atoms with van der Waals surface area (Å²) in [6.07, 6.45) is -0.324. The number of thioether (sulfide) groups is 1. The van der Waals surface area contributed by atoms with E-state index in [9.17, 15) is 19.2 Å². The lowest BCUT2D eigenvalue weighted by atomic mass is 10.2. The van der Waals surface area contributed by atoms with Gasteiger partial charge in [-0.15, -0.1) is 11.8 Å². The van der Waals surface area contributed by atoms with E-state index in [1.54, 1.807) is 11.8 Å². The third-order valence-corrected chi connectivity index (χ3v) is 3.92. The first-order valence-electron chi connectivity index (χ1n) is 9.71. The first-order valence-corrected chi connectivity index (χ1v) is 8.89. The van der Waals surface area contributed by atoms with E-state index in [1.165, 1.54) is 0 Å². The summed E-state index contributed by atoms with van der Waals surface area (Å²) in [6.45, 7) is 4.00. The molecule has 3 aliphatic rings. The molecule has 0 aromatic heterocycles. The fourth-order valence-electron chi connectivity index (χ4n) is 1.72. The molecule has 0 aliphatic carbocycles. The SMILES string of the molecule is CC.O=C1CSc2ccccc21.[3H]C1=NN([3H])C(=O)C1.[3H]OC(=O)C1=NN([3H])C(=O)C1. The third kappa shape index (κ3) is 7.40. The van der Waals surface area contributed by atoms with Crippen molar-refractivity contribution in [2.45, 2.75) is 31.6 Å². The van der Waals surface area contributed by atoms with E-state index in [4.69, 9.17) is 5.63 Å². The van der Waals surface area contributed by atoms with Crippen LogP contribution in [-0.2, 0) is 14.4 Å². The first kappa shape index (κ1) is 16.2. The second kappa shape index (κ2) is 11.6. The molecular formula is C17H20N4O5S. The number of ketones is 1. The van der Waals surface area contributed by atoms with Gasteiger partial charge in [0, 0.05) is 16.6 Å². The van der Waals surface area contributed by atoms with Crippen molar-refractivity contribution in [2.24, 2.45) is 10.2 Å². The summed E-state index contributed by atoms with van der Waals surface area (Å²) < 4.78 is 26.4. The minimum absolute atomic E-state index is 0.0243. The van der Waals surface area contributed by atoms with E-state index < -0.39 is 17.8 Å². The lowest BCUT2D eigenvalue weighted by Crippen LogP contribution is -2.12. The number of fused-ring (bicyclic) bond motifs is 1. The number of carboxylic acids is 1. The van der Waals surface area contributed by atoms with Crippen LogP contribution in [0.25, 0.3) is 1.43 Å². The Balaban J connectivity index is 0.000000226. The number of amides is 2. The Hall–Kier alpha value is -3.01. The molecular weight excluding hydrogens is 372 g/mol. The molecule has 0 saturated carbocycles. The molecule has 3 N–H and O–H groups in total. The van der Waals surface area contributed by atoms with E-state index in [-0.39, 0.29) is 30.5 Å². The van der Waals surface area contributed by atoms with Crippen LogP contribution in [0.15, 0.2) is 39.4 Å². The standard InChI is InChI=1S/C8H6OS.C4H4N2O3.C3H4N2O.C2H6/c9-7-5-10-8-4-2-1-3-6(7)8;7-3-1-2(4(8)9)5-6-3;6-3-1-2-4-5-3;1-2/h1-4H,5H2;1H2,(H,6,7)(H,8,9);2H,1H2,(H,5,6);1-2H3/i;;2T;/hT3. The number of carboxylic acid groups (broad SMARTS) is 1. The Morgan fingerprint density at radius 3 is 2.48 bits per heavy atom. The van der Waals surface area contributed by atoms with E-state index in [1.807, 2.05) is 38.1 Å². The summed E-state index contributed by atoms with van der Waals surface area (Å²) in [5, 5.41) is 9.97. The summed E-state index contributed by atoms with van der Waals surface area (Å²) in [6, 6.07) is 7.75. The summed E-state index contributed by atoms with van der Waals surface area (Å²) in [5.41, 5.74) is 1.42. The second-order valence-corrected chi connectivity index (χ2v) is 5.66. The smallest absolute Gasteiger partial charge is 0.352 e. The zero-order valence-electron chi connectivity index (χ0n) is 18.7. The van der Waals surface area contributed by atoms with Crippen LogP contribution in [0.4, 0.5) is 0 Å². The molecule has 0 spiro atoms. The molecule has 1 aromatic rings. The van der Waals surface area contributed by atoms with Crippen molar-refractivity contribution < 1.29 is 28.5 Å². The number of Topliss-reactive ketones (excluding diaryl/α,β-unsaturated/α-hetero) is 1. The number of hydrogen-bond donors (Lipinski definition) is 3. The van der Waals surface area contributed by atoms with Gasteiger partial charge in [-0.05, 0) is 6.07 Å². The van der Waals surface area contributed by atoms with E-state index in [0.717, 1.165) is 10.5 Å². The average molecular weight is 400 g/mol. The molecule has 2 amide bonds.